The van der Waals surface area contributed by atoms with Gasteiger partial charge in [0.15, 0.2) is 0 Å². The van der Waals surface area contributed by atoms with Crippen LogP contribution in [0, 0.1) is 0 Å². The quantitative estimate of drug-likeness (QED) is 0.193. The minimum atomic E-state index is -0.477. The second-order valence-electron chi connectivity index (χ2n) is 13.3. The van der Waals surface area contributed by atoms with Crippen LogP contribution in [0.25, 0.3) is 49.4 Å². The molecule has 45 heavy (non-hydrogen) atoms. The zero-order valence-electron chi connectivity index (χ0n) is 26.2. The third-order valence-electron chi connectivity index (χ3n) is 10.7. The molecule has 2 heterocycles. The smallest absolute Gasteiger partial charge is 0.0745 e. The van der Waals surface area contributed by atoms with Crippen LogP contribution in [-0.4, -0.2) is 4.57 Å². The van der Waals surface area contributed by atoms with Gasteiger partial charge in [0.1, 0.15) is 0 Å². The summed E-state index contributed by atoms with van der Waals surface area (Å²) in [5.41, 5.74) is 14.0. The van der Waals surface area contributed by atoms with Crippen molar-refractivity contribution in [3.8, 4) is 11.1 Å². The van der Waals surface area contributed by atoms with Crippen LogP contribution in [0.5, 0.6) is 0 Å². The first kappa shape index (κ1) is 26.3. The van der Waals surface area contributed by atoms with E-state index in [1.165, 1.54) is 82.8 Å². The van der Waals surface area contributed by atoms with Gasteiger partial charge in [0.2, 0.25) is 0 Å². The molecule has 1 unspecified atom stereocenters. The Labute approximate surface area is 264 Å². The van der Waals surface area contributed by atoms with E-state index in [-0.39, 0.29) is 5.41 Å². The average molecular weight is 578 g/mol. The predicted molar refractivity (Wildman–Crippen MR) is 191 cm³/mol. The summed E-state index contributed by atoms with van der Waals surface area (Å²) in [6.45, 7) is 9.33. The SMILES string of the molecule is C/C=C\C1=C(C)n2c3ccccc3c3cccc(c32)C12c1ccccc1C(C)(C)c1c(-c3ccc4ccccc4c3)cccc12. The van der Waals surface area contributed by atoms with Crippen molar-refractivity contribution in [2.45, 2.75) is 38.5 Å². The van der Waals surface area contributed by atoms with Crippen molar-refractivity contribution in [2.24, 2.45) is 0 Å². The molecule has 0 radical (unpaired) electrons. The summed E-state index contributed by atoms with van der Waals surface area (Å²) in [6, 6.07) is 47.8. The van der Waals surface area contributed by atoms with E-state index in [2.05, 4.69) is 172 Å². The van der Waals surface area contributed by atoms with Gasteiger partial charge in [-0.2, -0.15) is 0 Å². The Morgan fingerprint density at radius 2 is 1.27 bits per heavy atom. The molecule has 1 spiro atoms. The Bertz CT molecular complexity index is 2430. The highest BCUT2D eigenvalue weighted by molar-refractivity contribution is 6.13. The zero-order chi connectivity index (χ0) is 30.5. The van der Waals surface area contributed by atoms with Gasteiger partial charge in [0.05, 0.1) is 16.4 Å². The minimum Gasteiger partial charge on any atom is -0.313 e. The van der Waals surface area contributed by atoms with E-state index in [0.29, 0.717) is 0 Å². The molecule has 1 aliphatic heterocycles. The van der Waals surface area contributed by atoms with Crippen molar-refractivity contribution in [1.82, 2.24) is 4.57 Å². The number of benzene rings is 6. The number of aromatic nitrogens is 1. The molecule has 1 atom stereocenters. The van der Waals surface area contributed by atoms with E-state index < -0.39 is 5.41 Å². The maximum absolute atomic E-state index is 2.52. The van der Waals surface area contributed by atoms with Crippen LogP contribution in [-0.2, 0) is 10.8 Å². The molecule has 216 valence electrons. The first-order valence-corrected chi connectivity index (χ1v) is 16.1. The molecular formula is C44H35N. The van der Waals surface area contributed by atoms with Crippen LogP contribution >= 0.6 is 0 Å². The molecule has 0 saturated carbocycles. The monoisotopic (exact) mass is 577 g/mol. The van der Waals surface area contributed by atoms with Gasteiger partial charge in [0, 0.05) is 21.9 Å². The summed E-state index contributed by atoms with van der Waals surface area (Å²) in [5, 5.41) is 5.16. The van der Waals surface area contributed by atoms with Gasteiger partial charge >= 0.3 is 0 Å². The van der Waals surface area contributed by atoms with Gasteiger partial charge in [0.25, 0.3) is 0 Å². The lowest BCUT2D eigenvalue weighted by atomic mass is 9.52. The number of hydrogen-bond acceptors (Lipinski definition) is 0. The third kappa shape index (κ3) is 3.23. The first-order chi connectivity index (χ1) is 22.0. The first-order valence-electron chi connectivity index (χ1n) is 16.1. The van der Waals surface area contributed by atoms with Gasteiger partial charge in [-0.05, 0) is 81.3 Å². The Hall–Kier alpha value is -5.14. The Morgan fingerprint density at radius 3 is 2.11 bits per heavy atom. The van der Waals surface area contributed by atoms with Crippen molar-refractivity contribution >= 4 is 38.3 Å². The van der Waals surface area contributed by atoms with Crippen molar-refractivity contribution < 1.29 is 0 Å². The van der Waals surface area contributed by atoms with Crippen LogP contribution in [0.3, 0.4) is 0 Å². The van der Waals surface area contributed by atoms with Gasteiger partial charge in [-0.25, -0.2) is 0 Å². The molecule has 9 rings (SSSR count). The van der Waals surface area contributed by atoms with Crippen LogP contribution in [0.1, 0.15) is 55.5 Å². The molecule has 2 aliphatic rings. The fraction of sp³-hybridized carbons (Fsp3) is 0.136. The molecule has 0 amide bonds. The lowest BCUT2D eigenvalue weighted by Crippen LogP contribution is -2.44. The van der Waals surface area contributed by atoms with Gasteiger partial charge in [-0.15, -0.1) is 0 Å². The summed E-state index contributed by atoms with van der Waals surface area (Å²) < 4.78 is 2.52. The fourth-order valence-corrected chi connectivity index (χ4v) is 8.97. The Kier molecular flexibility index (Phi) is 5.37. The van der Waals surface area contributed by atoms with Gasteiger partial charge < -0.3 is 4.57 Å². The fourth-order valence-electron chi connectivity index (χ4n) is 8.97. The Morgan fingerprint density at radius 1 is 0.600 bits per heavy atom. The van der Waals surface area contributed by atoms with Crippen LogP contribution in [0.15, 0.2) is 145 Å². The van der Waals surface area contributed by atoms with Crippen LogP contribution in [0.2, 0.25) is 0 Å². The third-order valence-corrected chi connectivity index (χ3v) is 10.7. The number of para-hydroxylation sites is 2. The zero-order valence-corrected chi connectivity index (χ0v) is 26.2. The van der Waals surface area contributed by atoms with Crippen LogP contribution in [0.4, 0.5) is 0 Å². The van der Waals surface area contributed by atoms with Crippen LogP contribution < -0.4 is 0 Å². The molecule has 0 N–H and O–H groups in total. The maximum atomic E-state index is 2.52. The highest BCUT2D eigenvalue weighted by Crippen LogP contribution is 2.61. The lowest BCUT2D eigenvalue weighted by Gasteiger charge is -2.51. The highest BCUT2D eigenvalue weighted by atomic mass is 15.0. The van der Waals surface area contributed by atoms with Crippen molar-refractivity contribution in [3.05, 3.63) is 173 Å². The second kappa shape index (κ2) is 9.19. The van der Waals surface area contributed by atoms with E-state index >= 15 is 0 Å². The number of hydrogen-bond donors (Lipinski definition) is 0. The van der Waals surface area contributed by atoms with E-state index in [1.54, 1.807) is 0 Å². The van der Waals surface area contributed by atoms with Crippen molar-refractivity contribution in [1.29, 1.82) is 0 Å². The molecule has 1 heteroatoms. The minimum absolute atomic E-state index is 0.216. The molecule has 6 aromatic carbocycles. The maximum Gasteiger partial charge on any atom is 0.0745 e. The molecule has 0 bridgehead atoms. The molecule has 0 fully saturated rings. The normalized spacial score (nSPS) is 18.3. The standard InChI is InChI=1S/C44H35N/c1-5-14-35-28(2)45-40-24-11-8-17-33(40)34-19-13-23-39(42(34)45)44(35)37-21-10-9-20-36(37)43(3,4)41-32(18-12-22-38(41)44)31-26-25-29-15-6-7-16-30(29)27-31/h5-27H,1-4H3/b14-5-. The van der Waals surface area contributed by atoms with Gasteiger partial charge in [-0.1, -0.05) is 141 Å². The van der Waals surface area contributed by atoms with E-state index in [9.17, 15) is 0 Å². The number of fused-ring (bicyclic) bond motifs is 9. The topological polar surface area (TPSA) is 4.93 Å². The second-order valence-corrected chi connectivity index (χ2v) is 13.3. The van der Waals surface area contributed by atoms with Crippen molar-refractivity contribution in [3.63, 3.8) is 0 Å². The summed E-state index contributed by atoms with van der Waals surface area (Å²) in [4.78, 5) is 0. The number of nitrogens with zero attached hydrogens (tertiary/aromatic N) is 1. The van der Waals surface area contributed by atoms with E-state index in [0.717, 1.165) is 0 Å². The molecule has 1 aliphatic carbocycles. The van der Waals surface area contributed by atoms with Gasteiger partial charge in [-0.3, -0.25) is 0 Å². The molecular weight excluding hydrogens is 542 g/mol. The largest absolute Gasteiger partial charge is 0.313 e. The van der Waals surface area contributed by atoms with E-state index in [1.807, 2.05) is 0 Å². The summed E-state index contributed by atoms with van der Waals surface area (Å²) in [5.74, 6) is 0. The molecule has 0 saturated heterocycles. The predicted octanol–water partition coefficient (Wildman–Crippen LogP) is 11.4. The molecule has 1 nitrogen and oxygen atoms in total. The summed E-state index contributed by atoms with van der Waals surface area (Å²) in [7, 11) is 0. The lowest BCUT2D eigenvalue weighted by molar-refractivity contribution is 0.558. The van der Waals surface area contributed by atoms with Crippen molar-refractivity contribution in [2.75, 3.05) is 0 Å². The summed E-state index contributed by atoms with van der Waals surface area (Å²) >= 11 is 0. The number of rotatable bonds is 2. The molecule has 7 aromatic rings. The summed E-state index contributed by atoms with van der Waals surface area (Å²) in [6.07, 6.45) is 4.61. The molecule has 1 aromatic heterocycles. The number of allylic oxidation sites excluding steroid dienone is 4. The highest BCUT2D eigenvalue weighted by Gasteiger charge is 2.53. The Balaban J connectivity index is 1.50. The average Bonchev–Trinajstić information content (AvgIpc) is 3.42. The van der Waals surface area contributed by atoms with E-state index in [4.69, 9.17) is 0 Å².